The Hall–Kier alpha value is -4.29. The van der Waals surface area contributed by atoms with E-state index in [0.717, 1.165) is 45.7 Å². The standard InChI is InChI=1S/C34H34N2O4/c1-6-22(4)38-23(5)35-25-12-14-28-32(19-25)39-31-16-13-24(36-30-15-11-20(2)17-21(30)3)18-29(31)34(28)27-10-8-7-9-26(27)33(37)40-34/h7-19,22-23,35-36H,6H2,1-5H3. The Morgan fingerprint density at radius 3 is 2.45 bits per heavy atom. The molecule has 6 rings (SSSR count). The zero-order valence-electron chi connectivity index (χ0n) is 23.5. The van der Waals surface area contributed by atoms with Gasteiger partial charge in [0.2, 0.25) is 0 Å². The van der Waals surface area contributed by atoms with Gasteiger partial charge in [-0.05, 0) is 82.1 Å². The van der Waals surface area contributed by atoms with E-state index in [1.165, 1.54) is 5.56 Å². The molecular formula is C34H34N2O4. The molecule has 1 spiro atoms. The van der Waals surface area contributed by atoms with Crippen LogP contribution in [0.5, 0.6) is 11.5 Å². The monoisotopic (exact) mass is 534 g/mol. The zero-order valence-corrected chi connectivity index (χ0v) is 23.5. The average Bonchev–Trinajstić information content (AvgIpc) is 3.23. The maximum atomic E-state index is 13.2. The molecular weight excluding hydrogens is 500 g/mol. The lowest BCUT2D eigenvalue weighted by atomic mass is 9.77. The van der Waals surface area contributed by atoms with Gasteiger partial charge in [0.05, 0.1) is 11.7 Å². The SMILES string of the molecule is CCC(C)OC(C)Nc1ccc2c(c1)Oc1ccc(Nc3ccc(C)cc3C)cc1C21OC(=O)c2ccccc21. The average molecular weight is 535 g/mol. The van der Waals surface area contributed by atoms with E-state index >= 15 is 0 Å². The molecule has 0 aromatic heterocycles. The Morgan fingerprint density at radius 1 is 0.850 bits per heavy atom. The van der Waals surface area contributed by atoms with Gasteiger partial charge in [-0.2, -0.15) is 0 Å². The van der Waals surface area contributed by atoms with Crippen molar-refractivity contribution < 1.29 is 19.0 Å². The third kappa shape index (κ3) is 4.38. The fourth-order valence-electron chi connectivity index (χ4n) is 5.66. The molecule has 0 amide bonds. The van der Waals surface area contributed by atoms with Crippen LogP contribution < -0.4 is 15.4 Å². The van der Waals surface area contributed by atoms with Gasteiger partial charge in [-0.3, -0.25) is 0 Å². The summed E-state index contributed by atoms with van der Waals surface area (Å²) in [6, 6.07) is 25.8. The quantitative estimate of drug-likeness (QED) is 0.184. The second-order valence-corrected chi connectivity index (χ2v) is 10.7. The zero-order chi connectivity index (χ0) is 28.0. The highest BCUT2D eigenvalue weighted by Gasteiger charge is 2.53. The van der Waals surface area contributed by atoms with Crippen LogP contribution in [0.1, 0.15) is 65.4 Å². The van der Waals surface area contributed by atoms with E-state index in [1.54, 1.807) is 0 Å². The molecule has 0 saturated heterocycles. The summed E-state index contributed by atoms with van der Waals surface area (Å²) >= 11 is 0. The number of anilines is 3. The normalized spacial score (nSPS) is 18.2. The smallest absolute Gasteiger partial charge is 0.340 e. The number of benzene rings is 4. The molecule has 2 aliphatic heterocycles. The number of nitrogens with one attached hydrogen (secondary N) is 2. The van der Waals surface area contributed by atoms with Crippen molar-refractivity contribution in [1.29, 1.82) is 0 Å². The number of rotatable bonds is 7. The van der Waals surface area contributed by atoms with E-state index in [4.69, 9.17) is 14.2 Å². The number of aryl methyl sites for hydroxylation is 2. The summed E-state index contributed by atoms with van der Waals surface area (Å²) in [6.45, 7) is 10.3. The van der Waals surface area contributed by atoms with Gasteiger partial charge in [-0.15, -0.1) is 0 Å². The van der Waals surface area contributed by atoms with Crippen molar-refractivity contribution in [3.63, 3.8) is 0 Å². The molecule has 0 saturated carbocycles. The number of esters is 1. The Bertz CT molecular complexity index is 1610. The van der Waals surface area contributed by atoms with Crippen molar-refractivity contribution >= 4 is 23.0 Å². The minimum absolute atomic E-state index is 0.146. The van der Waals surface area contributed by atoms with Crippen molar-refractivity contribution in [2.75, 3.05) is 10.6 Å². The molecule has 6 nitrogen and oxygen atoms in total. The van der Waals surface area contributed by atoms with E-state index in [0.29, 0.717) is 17.1 Å². The molecule has 40 heavy (non-hydrogen) atoms. The first-order valence-corrected chi connectivity index (χ1v) is 13.8. The number of carbonyl (C=O) groups excluding carboxylic acids is 1. The largest absolute Gasteiger partial charge is 0.456 e. The molecule has 3 atom stereocenters. The van der Waals surface area contributed by atoms with Gasteiger partial charge in [0.25, 0.3) is 0 Å². The first kappa shape index (κ1) is 26.0. The van der Waals surface area contributed by atoms with Gasteiger partial charge in [-0.1, -0.05) is 42.8 Å². The van der Waals surface area contributed by atoms with Crippen LogP contribution in [0.2, 0.25) is 0 Å². The summed E-state index contributed by atoms with van der Waals surface area (Å²) in [4.78, 5) is 13.2. The van der Waals surface area contributed by atoms with E-state index in [2.05, 4.69) is 56.5 Å². The number of fused-ring (bicyclic) bond motifs is 6. The third-order valence-electron chi connectivity index (χ3n) is 7.75. The second kappa shape index (κ2) is 10.0. The van der Waals surface area contributed by atoms with Gasteiger partial charge in [0, 0.05) is 39.8 Å². The molecule has 4 aromatic rings. The van der Waals surface area contributed by atoms with Crippen molar-refractivity contribution in [3.8, 4) is 11.5 Å². The van der Waals surface area contributed by atoms with Crippen LogP contribution in [0.25, 0.3) is 0 Å². The van der Waals surface area contributed by atoms with E-state index in [1.807, 2.05) is 67.6 Å². The summed E-state index contributed by atoms with van der Waals surface area (Å²) in [5, 5.41) is 6.96. The first-order valence-electron chi connectivity index (χ1n) is 13.8. The number of hydrogen-bond acceptors (Lipinski definition) is 6. The summed E-state index contributed by atoms with van der Waals surface area (Å²) in [5.74, 6) is 0.928. The highest BCUT2D eigenvalue weighted by molar-refractivity contribution is 5.97. The summed E-state index contributed by atoms with van der Waals surface area (Å²) in [6.07, 6.45) is 0.901. The van der Waals surface area contributed by atoms with Gasteiger partial charge >= 0.3 is 5.97 Å². The predicted molar refractivity (Wildman–Crippen MR) is 158 cm³/mol. The lowest BCUT2D eigenvalue weighted by Crippen LogP contribution is -2.33. The molecule has 2 aliphatic rings. The van der Waals surface area contributed by atoms with Crippen molar-refractivity contribution in [3.05, 3.63) is 112 Å². The molecule has 0 aliphatic carbocycles. The summed E-state index contributed by atoms with van der Waals surface area (Å²) in [5.41, 5.74) is 6.92. The van der Waals surface area contributed by atoms with Gasteiger partial charge in [0.15, 0.2) is 5.60 Å². The predicted octanol–water partition coefficient (Wildman–Crippen LogP) is 8.19. The maximum absolute atomic E-state index is 13.2. The minimum Gasteiger partial charge on any atom is -0.456 e. The lowest BCUT2D eigenvalue weighted by Gasteiger charge is -2.37. The fraction of sp³-hybridized carbons (Fsp3) is 0.265. The molecule has 204 valence electrons. The van der Waals surface area contributed by atoms with Crippen LogP contribution in [0.3, 0.4) is 0 Å². The first-order chi connectivity index (χ1) is 19.3. The lowest BCUT2D eigenvalue weighted by molar-refractivity contribution is 0.0221. The van der Waals surface area contributed by atoms with Gasteiger partial charge < -0.3 is 24.8 Å². The minimum atomic E-state index is -1.13. The molecule has 0 radical (unpaired) electrons. The number of ether oxygens (including phenoxy) is 3. The van der Waals surface area contributed by atoms with Gasteiger partial charge in [0.1, 0.15) is 17.7 Å². The van der Waals surface area contributed by atoms with Gasteiger partial charge in [-0.25, -0.2) is 4.79 Å². The van der Waals surface area contributed by atoms with E-state index < -0.39 is 5.60 Å². The van der Waals surface area contributed by atoms with Crippen LogP contribution in [-0.2, 0) is 15.1 Å². The van der Waals surface area contributed by atoms with E-state index in [9.17, 15) is 4.79 Å². The Labute approximate surface area is 235 Å². The van der Waals surface area contributed by atoms with Crippen LogP contribution in [0.15, 0.2) is 78.9 Å². The molecule has 4 aromatic carbocycles. The Balaban J connectivity index is 1.45. The second-order valence-electron chi connectivity index (χ2n) is 10.7. The molecule has 3 unspecified atom stereocenters. The van der Waals surface area contributed by atoms with Crippen molar-refractivity contribution in [2.24, 2.45) is 0 Å². The van der Waals surface area contributed by atoms with Crippen LogP contribution in [-0.4, -0.2) is 18.3 Å². The molecule has 0 bridgehead atoms. The summed E-state index contributed by atoms with van der Waals surface area (Å²) < 4.78 is 18.8. The molecule has 2 heterocycles. The maximum Gasteiger partial charge on any atom is 0.340 e. The van der Waals surface area contributed by atoms with Crippen molar-refractivity contribution in [2.45, 2.75) is 59.0 Å². The fourth-order valence-corrected chi connectivity index (χ4v) is 5.66. The van der Waals surface area contributed by atoms with Crippen molar-refractivity contribution in [1.82, 2.24) is 0 Å². The van der Waals surface area contributed by atoms with Crippen LogP contribution >= 0.6 is 0 Å². The Kier molecular flexibility index (Phi) is 6.51. The summed E-state index contributed by atoms with van der Waals surface area (Å²) in [7, 11) is 0. The van der Waals surface area contributed by atoms with Crippen LogP contribution in [0, 0.1) is 13.8 Å². The number of carbonyl (C=O) groups is 1. The van der Waals surface area contributed by atoms with Crippen LogP contribution in [0.4, 0.5) is 17.1 Å². The highest BCUT2D eigenvalue weighted by atomic mass is 16.6. The topological polar surface area (TPSA) is 68.8 Å². The molecule has 0 fully saturated rings. The molecule has 2 N–H and O–H groups in total. The van der Waals surface area contributed by atoms with E-state index in [-0.39, 0.29) is 18.3 Å². The highest BCUT2D eigenvalue weighted by Crippen LogP contribution is 2.57. The Morgan fingerprint density at radius 2 is 1.65 bits per heavy atom. The number of hydrogen-bond donors (Lipinski definition) is 2. The third-order valence-corrected chi connectivity index (χ3v) is 7.75. The molecule has 6 heteroatoms.